The summed E-state index contributed by atoms with van der Waals surface area (Å²) >= 11 is 0. The topological polar surface area (TPSA) is 63.6 Å². The average Bonchev–Trinajstić information content (AvgIpc) is 2.97. The van der Waals surface area contributed by atoms with Crippen molar-refractivity contribution in [2.75, 3.05) is 12.9 Å². The van der Waals surface area contributed by atoms with Crippen molar-refractivity contribution in [3.05, 3.63) is 0 Å². The van der Waals surface area contributed by atoms with Crippen LogP contribution in [-0.2, 0) is 14.6 Å². The van der Waals surface area contributed by atoms with E-state index < -0.39 is 20.7 Å². The largest absolute Gasteiger partial charge is 0.388 e. The standard InChI is InChI=1S/C15H26O4S/c1-20(17,18)13-5-4-9-15(13,16)12-6-10-19-14(11-12)7-2-3-8-14/h12-13,16H,2-11H2,1H3. The smallest absolute Gasteiger partial charge is 0.153 e. The molecule has 5 heteroatoms. The van der Waals surface area contributed by atoms with Crippen molar-refractivity contribution in [3.8, 4) is 0 Å². The molecular weight excluding hydrogens is 276 g/mol. The predicted octanol–water partition coefficient (Wildman–Crippen LogP) is 2.05. The maximum absolute atomic E-state index is 12.0. The minimum Gasteiger partial charge on any atom is -0.388 e. The molecular formula is C15H26O4S. The molecule has 3 unspecified atom stereocenters. The van der Waals surface area contributed by atoms with E-state index >= 15 is 0 Å². The molecule has 116 valence electrons. The molecule has 4 nitrogen and oxygen atoms in total. The summed E-state index contributed by atoms with van der Waals surface area (Å²) in [7, 11) is -3.19. The molecule has 3 fully saturated rings. The zero-order chi connectivity index (χ0) is 14.4. The molecule has 0 radical (unpaired) electrons. The van der Waals surface area contributed by atoms with Gasteiger partial charge in [-0.3, -0.25) is 0 Å². The van der Waals surface area contributed by atoms with E-state index in [9.17, 15) is 13.5 Å². The van der Waals surface area contributed by atoms with Crippen LogP contribution in [0.15, 0.2) is 0 Å². The van der Waals surface area contributed by atoms with Crippen LogP contribution in [-0.4, -0.2) is 42.8 Å². The lowest BCUT2D eigenvalue weighted by Gasteiger charge is -2.45. The second-order valence-electron chi connectivity index (χ2n) is 7.13. The zero-order valence-corrected chi connectivity index (χ0v) is 13.1. The maximum Gasteiger partial charge on any atom is 0.153 e. The van der Waals surface area contributed by atoms with Gasteiger partial charge in [0.1, 0.15) is 0 Å². The Morgan fingerprint density at radius 1 is 1.10 bits per heavy atom. The fourth-order valence-corrected chi connectivity index (χ4v) is 6.50. The highest BCUT2D eigenvalue weighted by molar-refractivity contribution is 7.91. The summed E-state index contributed by atoms with van der Waals surface area (Å²) in [5.74, 6) is 0.0802. The van der Waals surface area contributed by atoms with Crippen LogP contribution in [0.3, 0.4) is 0 Å². The van der Waals surface area contributed by atoms with Gasteiger partial charge >= 0.3 is 0 Å². The molecule has 0 aromatic carbocycles. The number of aliphatic hydroxyl groups is 1. The molecule has 3 rings (SSSR count). The molecule has 2 aliphatic carbocycles. The zero-order valence-electron chi connectivity index (χ0n) is 12.3. The minimum atomic E-state index is -3.19. The molecule has 1 heterocycles. The second-order valence-corrected chi connectivity index (χ2v) is 9.36. The summed E-state index contributed by atoms with van der Waals surface area (Å²) < 4.78 is 30.0. The van der Waals surface area contributed by atoms with Crippen LogP contribution in [0.1, 0.15) is 57.8 Å². The molecule has 1 spiro atoms. The molecule has 1 saturated heterocycles. The summed E-state index contributed by atoms with van der Waals surface area (Å²) in [4.78, 5) is 0. The van der Waals surface area contributed by atoms with Crippen molar-refractivity contribution < 1.29 is 18.3 Å². The normalized spacial score (nSPS) is 41.3. The fourth-order valence-electron chi connectivity index (χ4n) is 4.86. The van der Waals surface area contributed by atoms with Gasteiger partial charge in [0.25, 0.3) is 0 Å². The van der Waals surface area contributed by atoms with Crippen LogP contribution >= 0.6 is 0 Å². The minimum absolute atomic E-state index is 0.0662. The van der Waals surface area contributed by atoms with E-state index in [0.29, 0.717) is 19.4 Å². The van der Waals surface area contributed by atoms with Gasteiger partial charge < -0.3 is 9.84 Å². The van der Waals surface area contributed by atoms with Crippen molar-refractivity contribution in [1.82, 2.24) is 0 Å². The van der Waals surface area contributed by atoms with Crippen molar-refractivity contribution >= 4 is 9.84 Å². The SMILES string of the molecule is CS(=O)(=O)C1CCCC1(O)C1CCOC2(CCCC2)C1. The van der Waals surface area contributed by atoms with Crippen LogP contribution in [0.2, 0.25) is 0 Å². The number of hydrogen-bond acceptors (Lipinski definition) is 4. The second kappa shape index (κ2) is 4.96. The quantitative estimate of drug-likeness (QED) is 0.848. The molecule has 0 aromatic heterocycles. The van der Waals surface area contributed by atoms with Crippen molar-refractivity contribution in [3.63, 3.8) is 0 Å². The Labute approximate surface area is 121 Å². The van der Waals surface area contributed by atoms with Gasteiger partial charge in [0.15, 0.2) is 9.84 Å². The number of ether oxygens (including phenoxy) is 1. The van der Waals surface area contributed by atoms with Crippen LogP contribution in [0.25, 0.3) is 0 Å². The van der Waals surface area contributed by atoms with E-state index in [1.165, 1.54) is 19.1 Å². The molecule has 1 aliphatic heterocycles. The van der Waals surface area contributed by atoms with Gasteiger partial charge in [0, 0.05) is 12.9 Å². The van der Waals surface area contributed by atoms with Crippen molar-refractivity contribution in [2.24, 2.45) is 5.92 Å². The first-order valence-electron chi connectivity index (χ1n) is 7.91. The molecule has 0 amide bonds. The monoisotopic (exact) mass is 302 g/mol. The van der Waals surface area contributed by atoms with Gasteiger partial charge in [0.05, 0.1) is 16.5 Å². The molecule has 0 bridgehead atoms. The van der Waals surface area contributed by atoms with Gasteiger partial charge in [-0.15, -0.1) is 0 Å². The first-order chi connectivity index (χ1) is 9.36. The summed E-state index contributed by atoms with van der Waals surface area (Å²) in [5.41, 5.74) is -1.09. The maximum atomic E-state index is 12.0. The molecule has 3 atom stereocenters. The lowest BCUT2D eigenvalue weighted by molar-refractivity contribution is -0.137. The lowest BCUT2D eigenvalue weighted by atomic mass is 9.74. The van der Waals surface area contributed by atoms with E-state index in [-0.39, 0.29) is 11.5 Å². The Bertz CT molecular complexity index is 466. The Kier molecular flexibility index (Phi) is 3.67. The Morgan fingerprint density at radius 3 is 2.45 bits per heavy atom. The van der Waals surface area contributed by atoms with Gasteiger partial charge in [-0.2, -0.15) is 0 Å². The third-order valence-corrected chi connectivity index (χ3v) is 7.51. The highest BCUT2D eigenvalue weighted by Gasteiger charge is 2.55. The highest BCUT2D eigenvalue weighted by atomic mass is 32.2. The first kappa shape index (κ1) is 14.8. The Hall–Kier alpha value is -0.130. The first-order valence-corrected chi connectivity index (χ1v) is 9.86. The van der Waals surface area contributed by atoms with Gasteiger partial charge in [-0.1, -0.05) is 12.8 Å². The third-order valence-electron chi connectivity index (χ3n) is 5.83. The highest BCUT2D eigenvalue weighted by Crippen LogP contribution is 2.50. The molecule has 2 saturated carbocycles. The van der Waals surface area contributed by atoms with Gasteiger partial charge in [0.2, 0.25) is 0 Å². The van der Waals surface area contributed by atoms with Crippen LogP contribution in [0, 0.1) is 5.92 Å². The van der Waals surface area contributed by atoms with E-state index in [4.69, 9.17) is 4.74 Å². The molecule has 0 aromatic rings. The van der Waals surface area contributed by atoms with Crippen LogP contribution < -0.4 is 0 Å². The number of sulfone groups is 1. The molecule has 3 aliphatic rings. The molecule has 1 N–H and O–H groups in total. The van der Waals surface area contributed by atoms with E-state index in [1.807, 2.05) is 0 Å². The van der Waals surface area contributed by atoms with Gasteiger partial charge in [-0.25, -0.2) is 8.42 Å². The van der Waals surface area contributed by atoms with E-state index in [0.717, 1.165) is 32.1 Å². The van der Waals surface area contributed by atoms with E-state index in [1.54, 1.807) is 0 Å². The van der Waals surface area contributed by atoms with E-state index in [2.05, 4.69) is 0 Å². The summed E-state index contributed by atoms with van der Waals surface area (Å²) in [5, 5.41) is 10.5. The average molecular weight is 302 g/mol. The summed E-state index contributed by atoms with van der Waals surface area (Å²) in [6.07, 6.45) is 9.51. The van der Waals surface area contributed by atoms with Crippen LogP contribution in [0.5, 0.6) is 0 Å². The van der Waals surface area contributed by atoms with Crippen molar-refractivity contribution in [1.29, 1.82) is 0 Å². The number of hydrogen-bond donors (Lipinski definition) is 1. The Balaban J connectivity index is 1.83. The van der Waals surface area contributed by atoms with Crippen LogP contribution in [0.4, 0.5) is 0 Å². The van der Waals surface area contributed by atoms with Gasteiger partial charge in [-0.05, 0) is 50.9 Å². The number of rotatable bonds is 2. The van der Waals surface area contributed by atoms with Crippen molar-refractivity contribution in [2.45, 2.75) is 74.2 Å². The third kappa shape index (κ3) is 2.42. The fraction of sp³-hybridized carbons (Fsp3) is 1.00. The predicted molar refractivity (Wildman–Crippen MR) is 77.3 cm³/mol. The lowest BCUT2D eigenvalue weighted by Crippen LogP contribution is -2.53. The Morgan fingerprint density at radius 2 is 1.80 bits per heavy atom. The summed E-state index contributed by atoms with van der Waals surface area (Å²) in [6.45, 7) is 0.670. The summed E-state index contributed by atoms with van der Waals surface area (Å²) in [6, 6.07) is 0. The molecule has 20 heavy (non-hydrogen) atoms.